The van der Waals surface area contributed by atoms with E-state index in [1.165, 1.54) is 0 Å². The van der Waals surface area contributed by atoms with Gasteiger partial charge in [0.1, 0.15) is 23.8 Å². The largest absolute Gasteiger partial charge is 0.394 e. The van der Waals surface area contributed by atoms with Crippen LogP contribution in [0.3, 0.4) is 0 Å². The summed E-state index contributed by atoms with van der Waals surface area (Å²) < 4.78 is 80.4. The highest BCUT2D eigenvalue weighted by atomic mass is 32.5. The van der Waals surface area contributed by atoms with E-state index >= 15 is 8.78 Å². The molecule has 7 atom stereocenters. The molecular formula is C18H21F4N6O9PS. The van der Waals surface area contributed by atoms with E-state index in [4.69, 9.17) is 41.8 Å². The number of aliphatic hydroxyl groups is 2. The third kappa shape index (κ3) is 5.56. The molecule has 2 fully saturated rings. The van der Waals surface area contributed by atoms with Gasteiger partial charge in [0.05, 0.1) is 13.2 Å². The van der Waals surface area contributed by atoms with Crippen molar-refractivity contribution in [1.82, 2.24) is 19.1 Å². The third-order valence-corrected chi connectivity index (χ3v) is 7.31. The molecule has 2 aliphatic rings. The van der Waals surface area contributed by atoms with Crippen LogP contribution in [0.5, 0.6) is 0 Å². The predicted molar refractivity (Wildman–Crippen MR) is 124 cm³/mol. The first-order chi connectivity index (χ1) is 18.1. The number of halogens is 4. The third-order valence-electron chi connectivity index (χ3n) is 5.77. The van der Waals surface area contributed by atoms with E-state index in [1.54, 1.807) is 0 Å². The van der Waals surface area contributed by atoms with Gasteiger partial charge in [-0.1, -0.05) is 0 Å². The summed E-state index contributed by atoms with van der Waals surface area (Å²) in [5.74, 6) is -8.71. The van der Waals surface area contributed by atoms with Crippen LogP contribution in [-0.2, 0) is 30.3 Å². The molecule has 0 aromatic carbocycles. The van der Waals surface area contributed by atoms with Crippen LogP contribution >= 0.6 is 6.72 Å². The van der Waals surface area contributed by atoms with Gasteiger partial charge in [-0.3, -0.25) is 13.7 Å². The summed E-state index contributed by atoms with van der Waals surface area (Å²) in [6.07, 6.45) is -11.8. The Morgan fingerprint density at radius 2 is 1.49 bits per heavy atom. The minimum absolute atomic E-state index is 0.259. The molecule has 4 heterocycles. The molecule has 0 amide bonds. The highest BCUT2D eigenvalue weighted by molar-refractivity contribution is 8.07. The Bertz CT molecular complexity index is 1400. The monoisotopic (exact) mass is 604 g/mol. The SMILES string of the molecule is Nc1ccn([C@@H]2O[C@H](COP(O)(=S)O[C@H]3[C@@H](CO)O[C@@H](n4ccc(N)nc4=O)C3(F)F)[C@H](O)C2(F)F)c(=O)n1. The normalized spacial score (nSPS) is 31.3. The molecular weight excluding hydrogens is 583 g/mol. The van der Waals surface area contributed by atoms with E-state index in [1.807, 2.05) is 0 Å². The molecule has 39 heavy (non-hydrogen) atoms. The first kappa shape index (κ1) is 29.4. The second kappa shape index (κ2) is 10.5. The van der Waals surface area contributed by atoms with Crippen molar-refractivity contribution in [2.75, 3.05) is 24.7 Å². The fourth-order valence-corrected chi connectivity index (χ4v) is 5.32. The lowest BCUT2D eigenvalue weighted by molar-refractivity contribution is -0.141. The number of alkyl halides is 4. The molecule has 21 heteroatoms. The number of hydrogen-bond acceptors (Lipinski definition) is 13. The number of ether oxygens (including phenoxy) is 2. The summed E-state index contributed by atoms with van der Waals surface area (Å²) in [6.45, 7) is -6.90. The molecule has 0 radical (unpaired) electrons. The van der Waals surface area contributed by atoms with E-state index in [2.05, 4.69) is 9.97 Å². The molecule has 216 valence electrons. The van der Waals surface area contributed by atoms with Gasteiger partial charge in [0.15, 0.2) is 12.2 Å². The summed E-state index contributed by atoms with van der Waals surface area (Å²) in [5.41, 5.74) is 8.25. The van der Waals surface area contributed by atoms with Crippen molar-refractivity contribution in [3.8, 4) is 0 Å². The average molecular weight is 604 g/mol. The van der Waals surface area contributed by atoms with Gasteiger partial charge >= 0.3 is 29.9 Å². The maximum atomic E-state index is 15.2. The first-order valence-electron chi connectivity index (χ1n) is 10.8. The summed E-state index contributed by atoms with van der Waals surface area (Å²) in [5, 5.41) is 19.6. The Hall–Kier alpha value is -2.55. The molecule has 0 spiro atoms. The maximum Gasteiger partial charge on any atom is 0.351 e. The van der Waals surface area contributed by atoms with Gasteiger partial charge < -0.3 is 40.6 Å². The highest BCUT2D eigenvalue weighted by Crippen LogP contribution is 2.54. The quantitative estimate of drug-likeness (QED) is 0.175. The van der Waals surface area contributed by atoms with Gasteiger partial charge in [0.25, 0.3) is 0 Å². The Kier molecular flexibility index (Phi) is 7.89. The fourth-order valence-electron chi connectivity index (χ4n) is 3.90. The molecule has 0 aliphatic carbocycles. The minimum Gasteiger partial charge on any atom is -0.394 e. The Balaban J connectivity index is 1.48. The lowest BCUT2D eigenvalue weighted by Crippen LogP contribution is -2.43. The zero-order valence-electron chi connectivity index (χ0n) is 19.3. The van der Waals surface area contributed by atoms with E-state index in [0.717, 1.165) is 24.5 Å². The molecule has 15 nitrogen and oxygen atoms in total. The first-order valence-corrected chi connectivity index (χ1v) is 13.4. The molecule has 2 saturated heterocycles. The lowest BCUT2D eigenvalue weighted by atomic mass is 10.1. The fraction of sp³-hybridized carbons (Fsp3) is 0.556. The van der Waals surface area contributed by atoms with Crippen LogP contribution < -0.4 is 22.8 Å². The molecule has 1 unspecified atom stereocenters. The van der Waals surface area contributed by atoms with E-state index in [9.17, 15) is 33.5 Å². The van der Waals surface area contributed by atoms with Crippen LogP contribution in [0.15, 0.2) is 34.1 Å². The van der Waals surface area contributed by atoms with Gasteiger partial charge in [-0.25, -0.2) is 9.59 Å². The van der Waals surface area contributed by atoms with Crippen molar-refractivity contribution in [2.45, 2.75) is 48.7 Å². The van der Waals surface area contributed by atoms with Crippen molar-refractivity contribution >= 4 is 30.2 Å². The Morgan fingerprint density at radius 3 is 1.97 bits per heavy atom. The van der Waals surface area contributed by atoms with Crippen LogP contribution in [0.4, 0.5) is 29.2 Å². The summed E-state index contributed by atoms with van der Waals surface area (Å²) in [7, 11) is 0. The van der Waals surface area contributed by atoms with Gasteiger partial charge in [-0.15, -0.1) is 0 Å². The van der Waals surface area contributed by atoms with Gasteiger partial charge in [0.2, 0.25) is 12.5 Å². The predicted octanol–water partition coefficient (Wildman–Crippen LogP) is -1.30. The number of nitrogens with zero attached hydrogens (tertiary/aromatic N) is 4. The van der Waals surface area contributed by atoms with Crippen LogP contribution in [-0.4, -0.2) is 83.7 Å². The zero-order chi connectivity index (χ0) is 28.9. The lowest BCUT2D eigenvalue weighted by Gasteiger charge is -2.27. The molecule has 4 rings (SSSR count). The Labute approximate surface area is 219 Å². The number of anilines is 2. The van der Waals surface area contributed by atoms with Gasteiger partial charge in [0, 0.05) is 12.4 Å². The van der Waals surface area contributed by atoms with E-state index in [-0.39, 0.29) is 11.6 Å². The topological polar surface area (TPSA) is 219 Å². The Morgan fingerprint density at radius 1 is 1.00 bits per heavy atom. The second-order valence-electron chi connectivity index (χ2n) is 8.41. The minimum atomic E-state index is -4.73. The molecule has 0 bridgehead atoms. The summed E-state index contributed by atoms with van der Waals surface area (Å²) in [4.78, 5) is 41.0. The molecule has 2 aliphatic heterocycles. The van der Waals surface area contributed by atoms with Crippen molar-refractivity contribution < 1.29 is 51.2 Å². The molecule has 2 aromatic rings. The number of aromatic nitrogens is 4. The molecule has 2 aromatic heterocycles. The van der Waals surface area contributed by atoms with E-state index < -0.39 is 80.0 Å². The van der Waals surface area contributed by atoms with Crippen molar-refractivity contribution in [1.29, 1.82) is 0 Å². The number of hydrogen-bond donors (Lipinski definition) is 5. The number of aliphatic hydroxyl groups excluding tert-OH is 2. The highest BCUT2D eigenvalue weighted by Gasteiger charge is 2.63. The van der Waals surface area contributed by atoms with Crippen molar-refractivity contribution in [3.05, 3.63) is 45.5 Å². The van der Waals surface area contributed by atoms with E-state index in [0.29, 0.717) is 9.13 Å². The number of rotatable bonds is 8. The maximum absolute atomic E-state index is 15.2. The van der Waals surface area contributed by atoms with Crippen LogP contribution in [0.25, 0.3) is 0 Å². The van der Waals surface area contributed by atoms with Gasteiger partial charge in [-0.2, -0.15) is 27.5 Å². The summed E-state index contributed by atoms with van der Waals surface area (Å²) in [6, 6.07) is 2.06. The van der Waals surface area contributed by atoms with Gasteiger partial charge in [-0.05, 0) is 23.9 Å². The number of nitrogens with two attached hydrogens (primary N) is 2. The summed E-state index contributed by atoms with van der Waals surface area (Å²) >= 11 is 4.72. The molecule has 7 N–H and O–H groups in total. The van der Waals surface area contributed by atoms with Crippen molar-refractivity contribution in [2.24, 2.45) is 0 Å². The average Bonchev–Trinajstić information content (AvgIpc) is 3.21. The smallest absolute Gasteiger partial charge is 0.351 e. The second-order valence-corrected chi connectivity index (χ2v) is 11.2. The van der Waals surface area contributed by atoms with Crippen LogP contribution in [0.2, 0.25) is 0 Å². The zero-order valence-corrected chi connectivity index (χ0v) is 21.0. The van der Waals surface area contributed by atoms with Crippen LogP contribution in [0.1, 0.15) is 12.5 Å². The van der Waals surface area contributed by atoms with Crippen LogP contribution in [0, 0.1) is 0 Å². The standard InChI is InChI=1S/C18H21F4N6O9PS/c19-17(20)11(30)8(36-13(17)27-3-1-9(23)25-15(27)31)6-34-38(33,39)37-12-7(5-29)35-14(18(12,21)22)28-4-2-10(24)26-16(28)32/h1-4,7-8,11-14,29-30H,5-6H2,(H,33,39)(H2,23,25,31)(H2,24,26,32)/t7-,8-,11+,12+,13-,14-,38?/m1/s1. The molecule has 0 saturated carbocycles. The number of nitrogen functional groups attached to an aromatic ring is 2. The van der Waals surface area contributed by atoms with Crippen molar-refractivity contribution in [3.63, 3.8) is 0 Å².